The summed E-state index contributed by atoms with van der Waals surface area (Å²) in [6.07, 6.45) is 20.3. The fraction of sp³-hybridized carbons (Fsp3) is 0.320. The van der Waals surface area contributed by atoms with Gasteiger partial charge in [-0.25, -0.2) is 5.43 Å². The number of hydrogen-bond donors (Lipinski definition) is 3. The molecule has 0 radical (unpaired) electrons. The smallest absolute Gasteiger partial charge is 0.272 e. The van der Waals surface area contributed by atoms with Gasteiger partial charge < -0.3 is 11.1 Å². The van der Waals surface area contributed by atoms with Crippen molar-refractivity contribution in [1.29, 1.82) is 0 Å². The number of carbonyl (C=O) groups excluding carboxylic acids is 2. The van der Waals surface area contributed by atoms with Gasteiger partial charge in [0.25, 0.3) is 5.91 Å². The molecule has 0 saturated heterocycles. The monoisotopic (exact) mass is 416 g/mol. The van der Waals surface area contributed by atoms with E-state index in [-0.39, 0.29) is 11.8 Å². The third-order valence-corrected chi connectivity index (χ3v) is 5.58. The average Bonchev–Trinajstić information content (AvgIpc) is 2.90. The maximum atomic E-state index is 12.6. The third kappa shape index (κ3) is 5.73. The summed E-state index contributed by atoms with van der Waals surface area (Å²) < 4.78 is 0. The van der Waals surface area contributed by atoms with Gasteiger partial charge in [-0.05, 0) is 61.6 Å². The Hall–Kier alpha value is -3.59. The van der Waals surface area contributed by atoms with Gasteiger partial charge in [0, 0.05) is 28.9 Å². The summed E-state index contributed by atoms with van der Waals surface area (Å²) in [4.78, 5) is 25.1. The highest BCUT2D eigenvalue weighted by molar-refractivity contribution is 6.19. The maximum Gasteiger partial charge on any atom is 0.272 e. The van der Waals surface area contributed by atoms with E-state index in [1.807, 2.05) is 19.1 Å². The number of nitrogens with zero attached hydrogens (tertiary/aromatic N) is 1. The zero-order valence-corrected chi connectivity index (χ0v) is 17.8. The van der Waals surface area contributed by atoms with Gasteiger partial charge in [0.05, 0.1) is 11.8 Å². The molecule has 0 bridgehead atoms. The lowest BCUT2D eigenvalue weighted by atomic mass is 9.87. The third-order valence-electron chi connectivity index (χ3n) is 5.58. The number of rotatable bonds is 5. The van der Waals surface area contributed by atoms with Gasteiger partial charge in [0.15, 0.2) is 0 Å². The Kier molecular flexibility index (Phi) is 7.45. The van der Waals surface area contributed by atoms with E-state index in [0.717, 1.165) is 18.4 Å². The molecule has 1 aromatic carbocycles. The molecular weight excluding hydrogens is 388 g/mol. The lowest BCUT2D eigenvalue weighted by Gasteiger charge is -2.21. The van der Waals surface area contributed by atoms with Crippen molar-refractivity contribution in [2.75, 3.05) is 11.1 Å². The lowest BCUT2D eigenvalue weighted by Crippen LogP contribution is -2.20. The number of hydrogen-bond acceptors (Lipinski definition) is 4. The molecule has 0 spiro atoms. The van der Waals surface area contributed by atoms with Crippen molar-refractivity contribution in [3.8, 4) is 12.3 Å². The molecule has 1 aliphatic carbocycles. The molecule has 0 unspecified atom stereocenters. The zero-order valence-electron chi connectivity index (χ0n) is 17.8. The molecule has 2 amide bonds. The quantitative estimate of drug-likeness (QED) is 0.376. The van der Waals surface area contributed by atoms with Crippen LogP contribution in [0.25, 0.3) is 5.57 Å². The number of terminal acetylenes is 1. The average molecular weight is 417 g/mol. The molecule has 0 atom stereocenters. The van der Waals surface area contributed by atoms with E-state index in [1.54, 1.807) is 30.5 Å². The molecule has 4 N–H and O–H groups in total. The number of allylic oxidation sites excluding steroid dienone is 6. The van der Waals surface area contributed by atoms with Crippen molar-refractivity contribution < 1.29 is 9.59 Å². The molecule has 1 aromatic rings. The number of nitrogen functional groups attached to an aromatic ring is 1. The van der Waals surface area contributed by atoms with Gasteiger partial charge in [-0.2, -0.15) is 5.10 Å². The number of hydrazone groups is 1. The topological polar surface area (TPSA) is 96.6 Å². The van der Waals surface area contributed by atoms with Gasteiger partial charge in [-0.3, -0.25) is 9.59 Å². The summed E-state index contributed by atoms with van der Waals surface area (Å²) in [6, 6.07) is 3.33. The fourth-order valence-electron chi connectivity index (χ4n) is 4.05. The van der Waals surface area contributed by atoms with Crippen molar-refractivity contribution >= 4 is 35.0 Å². The fourth-order valence-corrected chi connectivity index (χ4v) is 4.05. The van der Waals surface area contributed by atoms with E-state index in [9.17, 15) is 9.59 Å². The molecule has 1 fully saturated rings. The summed E-state index contributed by atoms with van der Waals surface area (Å²) in [5, 5.41) is 6.91. The van der Waals surface area contributed by atoms with Gasteiger partial charge in [-0.1, -0.05) is 31.3 Å². The van der Waals surface area contributed by atoms with Crippen LogP contribution in [0.1, 0.15) is 61.4 Å². The molecule has 1 aliphatic heterocycles. The predicted molar refractivity (Wildman–Crippen MR) is 126 cm³/mol. The number of nitrogens with one attached hydrogen (secondary N) is 2. The minimum atomic E-state index is -0.383. The summed E-state index contributed by atoms with van der Waals surface area (Å²) in [7, 11) is 0. The minimum absolute atomic E-state index is 0.0529. The van der Waals surface area contributed by atoms with Crippen LogP contribution in [0.3, 0.4) is 0 Å². The molecule has 31 heavy (non-hydrogen) atoms. The highest BCUT2D eigenvalue weighted by Gasteiger charge is 2.22. The number of amides is 2. The van der Waals surface area contributed by atoms with Crippen LogP contribution >= 0.6 is 0 Å². The van der Waals surface area contributed by atoms with E-state index in [4.69, 9.17) is 12.2 Å². The number of benzene rings is 1. The van der Waals surface area contributed by atoms with E-state index < -0.39 is 0 Å². The van der Waals surface area contributed by atoms with E-state index in [0.29, 0.717) is 40.4 Å². The second-order valence-corrected chi connectivity index (χ2v) is 7.83. The second-order valence-electron chi connectivity index (χ2n) is 7.83. The maximum absolute atomic E-state index is 12.6. The molecule has 1 heterocycles. The molecule has 0 aromatic heterocycles. The first kappa shape index (κ1) is 22.1. The Morgan fingerprint density at radius 1 is 1.35 bits per heavy atom. The van der Waals surface area contributed by atoms with Gasteiger partial charge >= 0.3 is 0 Å². The Morgan fingerprint density at radius 3 is 2.84 bits per heavy atom. The number of carbonyl (C=O) groups is 2. The summed E-state index contributed by atoms with van der Waals surface area (Å²) in [5.74, 6) is 2.45. The molecule has 3 rings (SSSR count). The van der Waals surface area contributed by atoms with Crippen LogP contribution in [0.4, 0.5) is 11.4 Å². The first-order valence-corrected chi connectivity index (χ1v) is 10.6. The predicted octanol–water partition coefficient (Wildman–Crippen LogP) is 4.43. The van der Waals surface area contributed by atoms with Crippen LogP contribution in [0.15, 0.2) is 47.1 Å². The van der Waals surface area contributed by atoms with E-state index in [2.05, 4.69) is 21.8 Å². The standard InChI is InChI=1S/C25H28N4O2/c1-3-5-9-17(4-2)12-19-16-27-29-25(31)21-14-20(15-22(26)24(19)21)28-23(30)13-18-10-7-6-8-11-18/h1,4-5,9,12,14-16,18H,6-8,10-11,13,26H2,2H3,(H,28,30)(H,29,31)/b9-5-,17-4+,19-12+. The largest absolute Gasteiger partial charge is 0.398 e. The van der Waals surface area contributed by atoms with Crippen LogP contribution in [0, 0.1) is 18.3 Å². The second kappa shape index (κ2) is 10.4. The number of fused-ring (bicyclic) bond motifs is 1. The Balaban J connectivity index is 1.89. The molecule has 6 heteroatoms. The van der Waals surface area contributed by atoms with Crippen LogP contribution in [-0.4, -0.2) is 18.0 Å². The molecular formula is C25H28N4O2. The van der Waals surface area contributed by atoms with Crippen LogP contribution in [0.2, 0.25) is 0 Å². The number of nitrogens with two attached hydrogens (primary N) is 1. The lowest BCUT2D eigenvalue weighted by molar-refractivity contribution is -0.117. The first-order valence-electron chi connectivity index (χ1n) is 10.6. The van der Waals surface area contributed by atoms with E-state index in [1.165, 1.54) is 19.3 Å². The Bertz CT molecular complexity index is 1020. The molecule has 2 aliphatic rings. The summed E-state index contributed by atoms with van der Waals surface area (Å²) in [5.41, 5.74) is 12.2. The SMILES string of the molecule is C#C\C=C/C(/C=C1\C=NNC(=O)c2cc(NC(=O)CC3CCCCC3)cc(N)c21)=C\C. The first-order chi connectivity index (χ1) is 15.0. The van der Waals surface area contributed by atoms with Crippen molar-refractivity contribution in [2.24, 2.45) is 11.0 Å². The molecule has 6 nitrogen and oxygen atoms in total. The number of anilines is 2. The van der Waals surface area contributed by atoms with Crippen LogP contribution in [-0.2, 0) is 4.79 Å². The van der Waals surface area contributed by atoms with Crippen molar-refractivity contribution in [2.45, 2.75) is 45.4 Å². The summed E-state index contributed by atoms with van der Waals surface area (Å²) >= 11 is 0. The minimum Gasteiger partial charge on any atom is -0.398 e. The van der Waals surface area contributed by atoms with E-state index >= 15 is 0 Å². The van der Waals surface area contributed by atoms with Gasteiger partial charge in [-0.15, -0.1) is 6.42 Å². The van der Waals surface area contributed by atoms with Crippen LogP contribution in [0.5, 0.6) is 0 Å². The molecule has 1 saturated carbocycles. The van der Waals surface area contributed by atoms with Crippen molar-refractivity contribution in [3.05, 3.63) is 53.1 Å². The Morgan fingerprint density at radius 2 is 2.13 bits per heavy atom. The van der Waals surface area contributed by atoms with Gasteiger partial charge in [0.1, 0.15) is 0 Å². The van der Waals surface area contributed by atoms with Crippen molar-refractivity contribution in [3.63, 3.8) is 0 Å². The zero-order chi connectivity index (χ0) is 22.2. The Labute approximate surface area is 183 Å². The van der Waals surface area contributed by atoms with Crippen LogP contribution < -0.4 is 16.5 Å². The highest BCUT2D eigenvalue weighted by Crippen LogP contribution is 2.32. The molecule has 160 valence electrons. The normalized spacial score (nSPS) is 18.4. The van der Waals surface area contributed by atoms with Crippen molar-refractivity contribution in [1.82, 2.24) is 5.43 Å². The van der Waals surface area contributed by atoms with Gasteiger partial charge in [0.2, 0.25) is 5.91 Å². The highest BCUT2D eigenvalue weighted by atomic mass is 16.2. The summed E-state index contributed by atoms with van der Waals surface area (Å²) in [6.45, 7) is 1.89.